The zero-order chi connectivity index (χ0) is 16.2. The Balaban J connectivity index is 1.48. The Morgan fingerprint density at radius 2 is 2.13 bits per heavy atom. The second-order valence-electron chi connectivity index (χ2n) is 6.51. The molecule has 126 valence electrons. The van der Waals surface area contributed by atoms with Crippen molar-refractivity contribution in [3.05, 3.63) is 29.8 Å². The van der Waals surface area contributed by atoms with Gasteiger partial charge in [-0.15, -0.1) is 0 Å². The Morgan fingerprint density at radius 1 is 1.39 bits per heavy atom. The fourth-order valence-corrected chi connectivity index (χ4v) is 3.24. The second-order valence-corrected chi connectivity index (χ2v) is 6.51. The number of aryl methyl sites for hydroxylation is 1. The second kappa shape index (κ2) is 7.21. The molecule has 0 saturated carbocycles. The smallest absolute Gasteiger partial charge is 0.317 e. The van der Waals surface area contributed by atoms with Gasteiger partial charge in [0, 0.05) is 13.1 Å². The average molecular weight is 318 g/mol. The third kappa shape index (κ3) is 4.16. The predicted molar refractivity (Wildman–Crippen MR) is 88.8 cm³/mol. The van der Waals surface area contributed by atoms with Crippen LogP contribution in [0.2, 0.25) is 0 Å². The van der Waals surface area contributed by atoms with Gasteiger partial charge in [-0.2, -0.15) is 0 Å². The van der Waals surface area contributed by atoms with Crippen LogP contribution in [0.3, 0.4) is 0 Å². The number of likely N-dealkylation sites (tertiary alicyclic amines) is 1. The van der Waals surface area contributed by atoms with Crippen LogP contribution < -0.4 is 10.1 Å². The van der Waals surface area contributed by atoms with Crippen molar-refractivity contribution >= 4 is 6.03 Å². The third-order valence-electron chi connectivity index (χ3n) is 4.56. The molecule has 1 aromatic carbocycles. The maximum atomic E-state index is 12.3. The third-order valence-corrected chi connectivity index (χ3v) is 4.56. The minimum Gasteiger partial charge on any atom is -0.489 e. The summed E-state index contributed by atoms with van der Waals surface area (Å²) < 4.78 is 11.7. The molecule has 0 aromatic heterocycles. The topological polar surface area (TPSA) is 50.8 Å². The monoisotopic (exact) mass is 318 g/mol. The van der Waals surface area contributed by atoms with E-state index in [1.807, 2.05) is 36.1 Å². The van der Waals surface area contributed by atoms with E-state index in [-0.39, 0.29) is 24.3 Å². The highest BCUT2D eigenvalue weighted by atomic mass is 16.5. The summed E-state index contributed by atoms with van der Waals surface area (Å²) in [5.41, 5.74) is 1.17. The number of hydrogen-bond acceptors (Lipinski definition) is 3. The van der Waals surface area contributed by atoms with E-state index < -0.39 is 0 Å². The van der Waals surface area contributed by atoms with Gasteiger partial charge in [-0.3, -0.25) is 0 Å². The quantitative estimate of drug-likeness (QED) is 0.908. The molecule has 3 atom stereocenters. The summed E-state index contributed by atoms with van der Waals surface area (Å²) >= 11 is 0. The zero-order valence-corrected chi connectivity index (χ0v) is 14.0. The Kier molecular flexibility index (Phi) is 5.06. The minimum atomic E-state index is -0.0153. The molecule has 2 aliphatic rings. The number of hydrogen-bond donors (Lipinski definition) is 1. The Hall–Kier alpha value is -1.75. The molecular weight excluding hydrogens is 292 g/mol. The van der Waals surface area contributed by atoms with Crippen molar-refractivity contribution < 1.29 is 14.3 Å². The number of nitrogens with one attached hydrogen (secondary N) is 1. The van der Waals surface area contributed by atoms with Crippen LogP contribution in [0, 0.1) is 6.92 Å². The molecule has 0 spiro atoms. The largest absolute Gasteiger partial charge is 0.489 e. The van der Waals surface area contributed by atoms with E-state index in [0.717, 1.165) is 25.0 Å². The van der Waals surface area contributed by atoms with E-state index in [1.165, 1.54) is 5.56 Å². The summed E-state index contributed by atoms with van der Waals surface area (Å²) in [7, 11) is 0. The first-order valence-corrected chi connectivity index (χ1v) is 8.55. The molecule has 1 aromatic rings. The van der Waals surface area contributed by atoms with Gasteiger partial charge in [-0.1, -0.05) is 19.1 Å². The molecule has 2 aliphatic heterocycles. The van der Waals surface area contributed by atoms with E-state index in [4.69, 9.17) is 9.47 Å². The van der Waals surface area contributed by atoms with Gasteiger partial charge in [-0.05, 0) is 43.9 Å². The maximum absolute atomic E-state index is 12.3. The van der Waals surface area contributed by atoms with Gasteiger partial charge in [-0.25, -0.2) is 4.79 Å². The van der Waals surface area contributed by atoms with Crippen molar-refractivity contribution in [2.75, 3.05) is 19.6 Å². The van der Waals surface area contributed by atoms with E-state index in [1.54, 1.807) is 0 Å². The fourth-order valence-electron chi connectivity index (χ4n) is 3.24. The van der Waals surface area contributed by atoms with Gasteiger partial charge in [0.25, 0.3) is 0 Å². The highest BCUT2D eigenvalue weighted by Gasteiger charge is 2.35. The van der Waals surface area contributed by atoms with Crippen LogP contribution >= 0.6 is 0 Å². The van der Waals surface area contributed by atoms with E-state index in [2.05, 4.69) is 12.2 Å². The van der Waals surface area contributed by atoms with Gasteiger partial charge in [0.1, 0.15) is 11.9 Å². The van der Waals surface area contributed by atoms with Crippen LogP contribution in [0.1, 0.15) is 31.7 Å². The summed E-state index contributed by atoms with van der Waals surface area (Å²) in [6.45, 7) is 6.05. The van der Waals surface area contributed by atoms with Crippen LogP contribution in [0.4, 0.5) is 4.79 Å². The molecular formula is C18H26N2O3. The molecule has 0 radical (unpaired) electrons. The number of urea groups is 1. The number of benzene rings is 1. The molecule has 2 bridgehead atoms. The number of rotatable bonds is 5. The van der Waals surface area contributed by atoms with Gasteiger partial charge < -0.3 is 19.7 Å². The summed E-state index contributed by atoms with van der Waals surface area (Å²) in [5.74, 6) is 0.857. The number of nitrogens with zero attached hydrogens (tertiary/aromatic N) is 1. The molecule has 2 heterocycles. The average Bonchev–Trinajstić information content (AvgIpc) is 2.89. The number of ether oxygens (including phenoxy) is 2. The fraction of sp³-hybridized carbons (Fsp3) is 0.611. The Labute approximate surface area is 137 Å². The lowest BCUT2D eigenvalue weighted by Gasteiger charge is -2.32. The van der Waals surface area contributed by atoms with Crippen molar-refractivity contribution in [3.63, 3.8) is 0 Å². The molecule has 2 saturated heterocycles. The minimum absolute atomic E-state index is 0.00325. The highest BCUT2D eigenvalue weighted by Crippen LogP contribution is 2.26. The van der Waals surface area contributed by atoms with E-state index in [0.29, 0.717) is 19.6 Å². The number of carbonyl (C=O) groups is 1. The molecule has 0 aliphatic carbocycles. The first-order valence-electron chi connectivity index (χ1n) is 8.55. The summed E-state index contributed by atoms with van der Waals surface area (Å²) in [5, 5.41) is 3.01. The summed E-state index contributed by atoms with van der Waals surface area (Å²) in [6, 6.07) is 8.00. The van der Waals surface area contributed by atoms with Gasteiger partial charge >= 0.3 is 6.03 Å². The first-order chi connectivity index (χ1) is 11.1. The molecule has 23 heavy (non-hydrogen) atoms. The van der Waals surface area contributed by atoms with Gasteiger partial charge in [0.05, 0.1) is 18.8 Å². The van der Waals surface area contributed by atoms with Crippen molar-refractivity contribution in [2.45, 2.75) is 51.4 Å². The van der Waals surface area contributed by atoms with Crippen molar-refractivity contribution in [1.82, 2.24) is 10.2 Å². The van der Waals surface area contributed by atoms with Gasteiger partial charge in [0.15, 0.2) is 0 Å². The number of morpholine rings is 1. The maximum Gasteiger partial charge on any atom is 0.317 e. The molecule has 5 heteroatoms. The SMILES string of the molecule is CCC(CNC(=O)N1CC2CCC(C1)O2)Oc1cccc(C)c1. The number of amides is 2. The van der Waals surface area contributed by atoms with E-state index in [9.17, 15) is 4.79 Å². The lowest BCUT2D eigenvalue weighted by molar-refractivity contribution is -0.0240. The van der Waals surface area contributed by atoms with Crippen LogP contribution in [0.5, 0.6) is 5.75 Å². The molecule has 2 fully saturated rings. The first kappa shape index (κ1) is 16.1. The van der Waals surface area contributed by atoms with Crippen LogP contribution in [0.15, 0.2) is 24.3 Å². The standard InChI is InChI=1S/C18H26N2O3/c1-3-14(22-15-6-4-5-13(2)9-15)10-19-18(21)20-11-16-7-8-17(12-20)23-16/h4-6,9,14,16-17H,3,7-8,10-12H2,1-2H3,(H,19,21). The molecule has 1 N–H and O–H groups in total. The normalized spacial score (nSPS) is 24.3. The van der Waals surface area contributed by atoms with Crippen molar-refractivity contribution in [1.29, 1.82) is 0 Å². The van der Waals surface area contributed by atoms with Crippen molar-refractivity contribution in [2.24, 2.45) is 0 Å². The Bertz CT molecular complexity index is 537. The molecule has 3 rings (SSSR count). The molecule has 3 unspecified atom stereocenters. The lowest BCUT2D eigenvalue weighted by Crippen LogP contribution is -2.51. The van der Waals surface area contributed by atoms with Crippen molar-refractivity contribution in [3.8, 4) is 5.75 Å². The lowest BCUT2D eigenvalue weighted by atomic mass is 10.2. The van der Waals surface area contributed by atoms with Crippen LogP contribution in [-0.2, 0) is 4.74 Å². The zero-order valence-electron chi connectivity index (χ0n) is 14.0. The number of carbonyl (C=O) groups excluding carboxylic acids is 1. The molecule has 5 nitrogen and oxygen atoms in total. The Morgan fingerprint density at radius 3 is 2.78 bits per heavy atom. The summed E-state index contributed by atoms with van der Waals surface area (Å²) in [4.78, 5) is 14.2. The van der Waals surface area contributed by atoms with Crippen LogP contribution in [0.25, 0.3) is 0 Å². The highest BCUT2D eigenvalue weighted by molar-refractivity contribution is 5.74. The van der Waals surface area contributed by atoms with Crippen LogP contribution in [-0.4, -0.2) is 48.9 Å². The summed E-state index contributed by atoms with van der Waals surface area (Å²) in [6.07, 6.45) is 3.43. The number of fused-ring (bicyclic) bond motifs is 2. The van der Waals surface area contributed by atoms with Gasteiger partial charge in [0.2, 0.25) is 0 Å². The molecule has 2 amide bonds. The van der Waals surface area contributed by atoms with E-state index >= 15 is 0 Å². The predicted octanol–water partition coefficient (Wildman–Crippen LogP) is 2.73.